The summed E-state index contributed by atoms with van der Waals surface area (Å²) in [5.74, 6) is 1.60. The van der Waals surface area contributed by atoms with E-state index in [1.165, 1.54) is 0 Å². The summed E-state index contributed by atoms with van der Waals surface area (Å²) in [4.78, 5) is 5.98. The van der Waals surface area contributed by atoms with Crippen molar-refractivity contribution < 1.29 is 9.26 Å². The van der Waals surface area contributed by atoms with Crippen LogP contribution in [-0.2, 0) is 0 Å². The van der Waals surface area contributed by atoms with Crippen molar-refractivity contribution in [1.29, 1.82) is 0 Å². The lowest BCUT2D eigenvalue weighted by Gasteiger charge is -2.04. The third-order valence-corrected chi connectivity index (χ3v) is 2.30. The standard InChI is InChI=1S/C11H14N4O2/c1-15(2)11-13-10(17-14-11)8-5-4-7(16-3)6-9(8)12/h4-6H,12H2,1-3H3. The second kappa shape index (κ2) is 4.32. The number of aromatic nitrogens is 2. The van der Waals surface area contributed by atoms with Crippen LogP contribution in [0.4, 0.5) is 11.6 Å². The Balaban J connectivity index is 2.38. The molecule has 2 rings (SSSR count). The topological polar surface area (TPSA) is 77.4 Å². The Morgan fingerprint density at radius 3 is 2.65 bits per heavy atom. The quantitative estimate of drug-likeness (QED) is 0.809. The van der Waals surface area contributed by atoms with E-state index in [4.69, 9.17) is 15.0 Å². The maximum Gasteiger partial charge on any atom is 0.265 e. The summed E-state index contributed by atoms with van der Waals surface area (Å²) in [5, 5.41) is 3.83. The van der Waals surface area contributed by atoms with Gasteiger partial charge >= 0.3 is 0 Å². The maximum absolute atomic E-state index is 5.89. The summed E-state index contributed by atoms with van der Waals surface area (Å²) in [6, 6.07) is 5.31. The van der Waals surface area contributed by atoms with E-state index < -0.39 is 0 Å². The minimum absolute atomic E-state index is 0.397. The third kappa shape index (κ3) is 2.15. The molecule has 90 valence electrons. The molecule has 0 atom stereocenters. The van der Waals surface area contributed by atoms with Crippen LogP contribution >= 0.6 is 0 Å². The Bertz CT molecular complexity index is 522. The van der Waals surface area contributed by atoms with Crippen LogP contribution in [-0.4, -0.2) is 31.3 Å². The fraction of sp³-hybridized carbons (Fsp3) is 0.273. The van der Waals surface area contributed by atoms with Gasteiger partial charge in [-0.15, -0.1) is 0 Å². The molecule has 0 fully saturated rings. The van der Waals surface area contributed by atoms with E-state index >= 15 is 0 Å². The first kappa shape index (κ1) is 11.3. The van der Waals surface area contributed by atoms with Crippen LogP contribution in [0.3, 0.4) is 0 Å². The number of hydrogen-bond acceptors (Lipinski definition) is 6. The van der Waals surface area contributed by atoms with E-state index in [2.05, 4.69) is 10.1 Å². The lowest BCUT2D eigenvalue weighted by molar-refractivity contribution is 0.414. The van der Waals surface area contributed by atoms with E-state index in [0.29, 0.717) is 28.8 Å². The lowest BCUT2D eigenvalue weighted by atomic mass is 10.2. The largest absolute Gasteiger partial charge is 0.497 e. The number of nitrogen functional groups attached to an aromatic ring is 1. The van der Waals surface area contributed by atoms with Gasteiger partial charge in [-0.2, -0.15) is 4.98 Å². The zero-order valence-electron chi connectivity index (χ0n) is 9.97. The molecule has 0 unspecified atom stereocenters. The Morgan fingerprint density at radius 2 is 2.12 bits per heavy atom. The highest BCUT2D eigenvalue weighted by Gasteiger charge is 2.13. The molecule has 0 saturated carbocycles. The van der Waals surface area contributed by atoms with Crippen molar-refractivity contribution in [3.63, 3.8) is 0 Å². The molecular formula is C11H14N4O2. The molecule has 1 aromatic carbocycles. The highest BCUT2D eigenvalue weighted by molar-refractivity contribution is 5.72. The molecule has 17 heavy (non-hydrogen) atoms. The van der Waals surface area contributed by atoms with Crippen molar-refractivity contribution in [1.82, 2.24) is 10.1 Å². The van der Waals surface area contributed by atoms with Gasteiger partial charge in [-0.1, -0.05) is 0 Å². The van der Waals surface area contributed by atoms with Crippen molar-refractivity contribution in [2.24, 2.45) is 0 Å². The van der Waals surface area contributed by atoms with Gasteiger partial charge in [-0.3, -0.25) is 0 Å². The van der Waals surface area contributed by atoms with Gasteiger partial charge in [0.25, 0.3) is 11.8 Å². The van der Waals surface area contributed by atoms with Gasteiger partial charge in [0.2, 0.25) is 0 Å². The Hall–Kier alpha value is -2.24. The predicted molar refractivity (Wildman–Crippen MR) is 65.0 cm³/mol. The van der Waals surface area contributed by atoms with Crippen LogP contribution in [0.5, 0.6) is 5.75 Å². The summed E-state index contributed by atoms with van der Waals surface area (Å²) in [6.07, 6.45) is 0. The Kier molecular flexibility index (Phi) is 2.86. The highest BCUT2D eigenvalue weighted by Crippen LogP contribution is 2.28. The molecule has 0 radical (unpaired) electrons. The second-order valence-corrected chi connectivity index (χ2v) is 3.75. The van der Waals surface area contributed by atoms with Gasteiger partial charge in [0, 0.05) is 25.8 Å². The molecule has 0 spiro atoms. The van der Waals surface area contributed by atoms with Gasteiger partial charge < -0.3 is 19.9 Å². The molecule has 6 nitrogen and oxygen atoms in total. The molecule has 0 aliphatic heterocycles. The van der Waals surface area contributed by atoms with E-state index in [1.807, 2.05) is 14.1 Å². The van der Waals surface area contributed by atoms with Crippen LogP contribution in [0.25, 0.3) is 11.5 Å². The van der Waals surface area contributed by atoms with Crippen LogP contribution in [0, 0.1) is 0 Å². The van der Waals surface area contributed by atoms with Gasteiger partial charge in [0.15, 0.2) is 0 Å². The fourth-order valence-electron chi connectivity index (χ4n) is 1.37. The van der Waals surface area contributed by atoms with Crippen LogP contribution in [0.1, 0.15) is 0 Å². The van der Waals surface area contributed by atoms with Gasteiger partial charge in [-0.05, 0) is 17.3 Å². The van der Waals surface area contributed by atoms with Crippen molar-refractivity contribution in [2.75, 3.05) is 31.8 Å². The number of methoxy groups -OCH3 is 1. The number of rotatable bonds is 3. The van der Waals surface area contributed by atoms with Gasteiger partial charge in [0.05, 0.1) is 12.7 Å². The Morgan fingerprint density at radius 1 is 1.35 bits per heavy atom. The molecule has 0 saturated heterocycles. The maximum atomic E-state index is 5.89. The number of nitrogens with two attached hydrogens (primary N) is 1. The average molecular weight is 234 g/mol. The van der Waals surface area contributed by atoms with Crippen LogP contribution < -0.4 is 15.4 Å². The van der Waals surface area contributed by atoms with Gasteiger partial charge in [0.1, 0.15) is 5.75 Å². The molecule has 0 bridgehead atoms. The third-order valence-electron chi connectivity index (χ3n) is 2.30. The van der Waals surface area contributed by atoms with E-state index in [0.717, 1.165) is 0 Å². The lowest BCUT2D eigenvalue weighted by Crippen LogP contribution is -2.10. The van der Waals surface area contributed by atoms with Crippen molar-refractivity contribution in [3.05, 3.63) is 18.2 Å². The first-order chi connectivity index (χ1) is 8.11. The normalized spacial score (nSPS) is 10.3. The predicted octanol–water partition coefficient (Wildman–Crippen LogP) is 1.39. The minimum atomic E-state index is 0.397. The monoisotopic (exact) mass is 234 g/mol. The summed E-state index contributed by atoms with van der Waals surface area (Å²) < 4.78 is 10.2. The molecule has 1 aromatic heterocycles. The number of benzene rings is 1. The first-order valence-corrected chi connectivity index (χ1v) is 5.06. The summed E-state index contributed by atoms with van der Waals surface area (Å²) in [5.41, 5.74) is 7.13. The molecule has 1 heterocycles. The smallest absolute Gasteiger partial charge is 0.265 e. The first-order valence-electron chi connectivity index (χ1n) is 5.06. The molecule has 0 amide bonds. The number of nitrogens with zero attached hydrogens (tertiary/aromatic N) is 3. The average Bonchev–Trinajstić information content (AvgIpc) is 2.78. The molecule has 0 aliphatic carbocycles. The Labute approximate surface area is 99.0 Å². The molecule has 2 N–H and O–H groups in total. The fourth-order valence-corrected chi connectivity index (χ4v) is 1.37. The number of hydrogen-bond donors (Lipinski definition) is 1. The summed E-state index contributed by atoms with van der Waals surface area (Å²) in [7, 11) is 5.27. The molecule has 2 aromatic rings. The van der Waals surface area contributed by atoms with Gasteiger partial charge in [-0.25, -0.2) is 0 Å². The molecule has 0 aliphatic rings. The second-order valence-electron chi connectivity index (χ2n) is 3.75. The number of anilines is 2. The van der Waals surface area contributed by atoms with E-state index in [-0.39, 0.29) is 0 Å². The van der Waals surface area contributed by atoms with Crippen LogP contribution in [0.15, 0.2) is 22.7 Å². The minimum Gasteiger partial charge on any atom is -0.497 e. The van der Waals surface area contributed by atoms with Crippen molar-refractivity contribution in [2.45, 2.75) is 0 Å². The van der Waals surface area contributed by atoms with E-state index in [1.54, 1.807) is 30.2 Å². The summed E-state index contributed by atoms with van der Waals surface area (Å²) in [6.45, 7) is 0. The highest BCUT2D eigenvalue weighted by atomic mass is 16.5. The van der Waals surface area contributed by atoms with E-state index in [9.17, 15) is 0 Å². The number of ether oxygens (including phenoxy) is 1. The van der Waals surface area contributed by atoms with Crippen molar-refractivity contribution in [3.8, 4) is 17.2 Å². The zero-order chi connectivity index (χ0) is 12.4. The molecular weight excluding hydrogens is 220 g/mol. The molecule has 6 heteroatoms. The SMILES string of the molecule is COc1ccc(-c2nc(N(C)C)no2)c(N)c1. The van der Waals surface area contributed by atoms with Crippen molar-refractivity contribution >= 4 is 11.6 Å². The summed E-state index contributed by atoms with van der Waals surface area (Å²) >= 11 is 0. The van der Waals surface area contributed by atoms with Crippen LogP contribution in [0.2, 0.25) is 0 Å². The zero-order valence-corrected chi connectivity index (χ0v) is 9.97.